The van der Waals surface area contributed by atoms with Crippen molar-refractivity contribution in [3.05, 3.63) is 47.4 Å². The molecule has 0 fully saturated rings. The number of hydrogen-bond donors (Lipinski definition) is 2. The highest BCUT2D eigenvalue weighted by molar-refractivity contribution is 7.99. The molecule has 3 aromatic rings. The molecule has 0 radical (unpaired) electrons. The van der Waals surface area contributed by atoms with Crippen LogP contribution < -0.4 is 11.2 Å². The van der Waals surface area contributed by atoms with Gasteiger partial charge >= 0.3 is 6.18 Å². The molecule has 2 heterocycles. The quantitative estimate of drug-likeness (QED) is 0.494. The van der Waals surface area contributed by atoms with Crippen molar-refractivity contribution in [1.29, 1.82) is 0 Å². The predicted octanol–water partition coefficient (Wildman–Crippen LogP) is 2.54. The van der Waals surface area contributed by atoms with Crippen LogP contribution in [-0.4, -0.2) is 36.3 Å². The molecule has 1 aromatic carbocycles. The Bertz CT molecular complexity index is 995. The number of nitrogens with zero attached hydrogens (tertiary/aromatic N) is 5. The summed E-state index contributed by atoms with van der Waals surface area (Å²) < 4.78 is 39.9. The average molecular weight is 411 g/mol. The van der Waals surface area contributed by atoms with Crippen molar-refractivity contribution in [3.8, 4) is 5.69 Å². The highest BCUT2D eigenvalue weighted by Crippen LogP contribution is 2.29. The minimum absolute atomic E-state index is 0.203. The number of hydrogen-bond acceptors (Lipinski definition) is 6. The minimum Gasteiger partial charge on any atom is -0.335 e. The number of carbonyl (C=O) groups is 1. The Morgan fingerprint density at radius 3 is 2.50 bits per heavy atom. The summed E-state index contributed by atoms with van der Waals surface area (Å²) in [5.74, 6) is 3.81. The van der Waals surface area contributed by atoms with Crippen LogP contribution in [0.4, 0.5) is 19.0 Å². The molecule has 28 heavy (non-hydrogen) atoms. The third-order valence-electron chi connectivity index (χ3n) is 3.63. The van der Waals surface area contributed by atoms with E-state index in [1.165, 1.54) is 0 Å². The van der Waals surface area contributed by atoms with Crippen LogP contribution in [0.1, 0.15) is 17.1 Å². The molecule has 0 spiro atoms. The minimum atomic E-state index is -4.72. The zero-order chi connectivity index (χ0) is 20.5. The number of aryl methyl sites for hydroxylation is 2. The number of nitrogens with one attached hydrogen (secondary N) is 1. The van der Waals surface area contributed by atoms with E-state index >= 15 is 0 Å². The third-order valence-corrected chi connectivity index (χ3v) is 4.57. The van der Waals surface area contributed by atoms with Crippen LogP contribution in [0, 0.1) is 13.8 Å². The number of aromatic nitrogens is 5. The Hall–Kier alpha value is -3.02. The van der Waals surface area contributed by atoms with E-state index in [1.54, 1.807) is 17.7 Å². The highest BCUT2D eigenvalue weighted by atomic mass is 32.2. The van der Waals surface area contributed by atoms with Crippen molar-refractivity contribution < 1.29 is 18.0 Å². The standard InChI is InChI=1S/C16H16F3N7OS/c1-9-3-5-11(6-4-9)26-12(7-10(2)24-26)21-13(27)8-28-15-23-22-14(25(15)20)16(17,18)19/h3-7H,8,20H2,1-2H3,(H,21,27). The van der Waals surface area contributed by atoms with Gasteiger partial charge in [0.25, 0.3) is 5.82 Å². The van der Waals surface area contributed by atoms with Crippen LogP contribution in [0.2, 0.25) is 0 Å². The maximum absolute atomic E-state index is 12.7. The van der Waals surface area contributed by atoms with Gasteiger partial charge in [-0.2, -0.15) is 18.3 Å². The van der Waals surface area contributed by atoms with Gasteiger partial charge in [0.2, 0.25) is 11.1 Å². The molecule has 148 valence electrons. The van der Waals surface area contributed by atoms with Crippen molar-refractivity contribution in [3.63, 3.8) is 0 Å². The molecule has 0 aliphatic carbocycles. The van der Waals surface area contributed by atoms with Gasteiger partial charge in [0, 0.05) is 6.07 Å². The van der Waals surface area contributed by atoms with Crippen molar-refractivity contribution in [2.45, 2.75) is 25.2 Å². The fourth-order valence-corrected chi connectivity index (χ4v) is 3.01. The molecule has 0 aliphatic rings. The summed E-state index contributed by atoms with van der Waals surface area (Å²) in [6.45, 7) is 3.74. The van der Waals surface area contributed by atoms with Gasteiger partial charge in [-0.25, -0.2) is 9.36 Å². The summed E-state index contributed by atoms with van der Waals surface area (Å²) in [5, 5.41) is 13.2. The second-order valence-electron chi connectivity index (χ2n) is 5.93. The lowest BCUT2D eigenvalue weighted by molar-refractivity contribution is -0.146. The molecule has 0 atom stereocenters. The van der Waals surface area contributed by atoms with Crippen molar-refractivity contribution in [2.24, 2.45) is 0 Å². The molecule has 0 saturated heterocycles. The predicted molar refractivity (Wildman–Crippen MR) is 97.6 cm³/mol. The fraction of sp³-hybridized carbons (Fsp3) is 0.250. The van der Waals surface area contributed by atoms with Gasteiger partial charge in [-0.3, -0.25) is 4.79 Å². The van der Waals surface area contributed by atoms with E-state index in [2.05, 4.69) is 20.6 Å². The number of nitrogen functional groups attached to an aromatic ring is 1. The lowest BCUT2D eigenvalue weighted by Crippen LogP contribution is -2.22. The van der Waals surface area contributed by atoms with E-state index in [0.29, 0.717) is 16.2 Å². The highest BCUT2D eigenvalue weighted by Gasteiger charge is 2.38. The topological polar surface area (TPSA) is 104 Å². The molecule has 0 bridgehead atoms. The number of rotatable bonds is 5. The second-order valence-corrected chi connectivity index (χ2v) is 6.87. The number of thioether (sulfide) groups is 1. The van der Waals surface area contributed by atoms with Crippen LogP contribution in [0.3, 0.4) is 0 Å². The number of benzene rings is 1. The molecule has 0 saturated carbocycles. The van der Waals surface area contributed by atoms with E-state index in [0.717, 1.165) is 23.0 Å². The molecular weight excluding hydrogens is 395 g/mol. The fourth-order valence-electron chi connectivity index (χ4n) is 2.35. The van der Waals surface area contributed by atoms with Crippen LogP contribution in [0.15, 0.2) is 35.5 Å². The molecule has 0 unspecified atom stereocenters. The first-order valence-corrected chi connectivity index (χ1v) is 8.98. The zero-order valence-electron chi connectivity index (χ0n) is 14.9. The molecule has 3 N–H and O–H groups in total. The van der Waals surface area contributed by atoms with Crippen molar-refractivity contribution >= 4 is 23.5 Å². The van der Waals surface area contributed by atoms with Gasteiger partial charge in [-0.05, 0) is 26.0 Å². The van der Waals surface area contributed by atoms with Gasteiger partial charge < -0.3 is 11.2 Å². The average Bonchev–Trinajstić information content (AvgIpc) is 3.16. The second kappa shape index (κ2) is 7.54. The number of carbonyl (C=O) groups excluding carboxylic acids is 1. The molecule has 1 amide bonds. The summed E-state index contributed by atoms with van der Waals surface area (Å²) in [7, 11) is 0. The van der Waals surface area contributed by atoms with Gasteiger partial charge in [0.05, 0.1) is 17.1 Å². The van der Waals surface area contributed by atoms with Crippen molar-refractivity contribution in [1.82, 2.24) is 24.7 Å². The van der Waals surface area contributed by atoms with Crippen LogP contribution >= 0.6 is 11.8 Å². The first-order chi connectivity index (χ1) is 13.1. The van der Waals surface area contributed by atoms with E-state index in [9.17, 15) is 18.0 Å². The van der Waals surface area contributed by atoms with Crippen LogP contribution in [0.5, 0.6) is 0 Å². The number of halogens is 3. The molecule has 2 aromatic heterocycles. The largest absolute Gasteiger partial charge is 0.453 e. The molecule has 8 nitrogen and oxygen atoms in total. The Morgan fingerprint density at radius 1 is 1.21 bits per heavy atom. The Kier molecular flexibility index (Phi) is 5.31. The first kappa shape index (κ1) is 19.7. The van der Waals surface area contributed by atoms with Gasteiger partial charge in [-0.1, -0.05) is 29.5 Å². The number of anilines is 1. The Labute approximate surface area is 161 Å². The molecular formula is C16H16F3N7OS. The van der Waals surface area contributed by atoms with Gasteiger partial charge in [0.15, 0.2) is 0 Å². The third kappa shape index (κ3) is 4.27. The number of alkyl halides is 3. The van der Waals surface area contributed by atoms with Gasteiger partial charge in [0.1, 0.15) is 5.82 Å². The Balaban J connectivity index is 1.69. The number of amides is 1. The summed E-state index contributed by atoms with van der Waals surface area (Å²) in [6, 6.07) is 9.25. The maximum atomic E-state index is 12.7. The van der Waals surface area contributed by atoms with Crippen LogP contribution in [-0.2, 0) is 11.0 Å². The zero-order valence-corrected chi connectivity index (χ0v) is 15.7. The van der Waals surface area contributed by atoms with Crippen LogP contribution in [0.25, 0.3) is 5.69 Å². The van der Waals surface area contributed by atoms with Crippen molar-refractivity contribution in [2.75, 3.05) is 16.9 Å². The Morgan fingerprint density at radius 2 is 1.89 bits per heavy atom. The van der Waals surface area contributed by atoms with E-state index in [1.807, 2.05) is 31.2 Å². The first-order valence-electron chi connectivity index (χ1n) is 7.99. The summed E-state index contributed by atoms with van der Waals surface area (Å²) in [4.78, 5) is 12.3. The smallest absolute Gasteiger partial charge is 0.335 e. The monoisotopic (exact) mass is 411 g/mol. The van der Waals surface area contributed by atoms with E-state index < -0.39 is 17.9 Å². The van der Waals surface area contributed by atoms with E-state index in [4.69, 9.17) is 5.84 Å². The SMILES string of the molecule is Cc1ccc(-n2nc(C)cc2NC(=O)CSc2nnc(C(F)(F)F)n2N)cc1. The summed E-state index contributed by atoms with van der Waals surface area (Å²) in [6.07, 6.45) is -4.72. The molecule has 3 rings (SSSR count). The lowest BCUT2D eigenvalue weighted by atomic mass is 10.2. The molecule has 0 aliphatic heterocycles. The summed E-state index contributed by atoms with van der Waals surface area (Å²) in [5.41, 5.74) is 2.54. The molecule has 12 heteroatoms. The van der Waals surface area contributed by atoms with E-state index in [-0.39, 0.29) is 10.9 Å². The lowest BCUT2D eigenvalue weighted by Gasteiger charge is -2.09. The van der Waals surface area contributed by atoms with Gasteiger partial charge in [-0.15, -0.1) is 10.2 Å². The summed E-state index contributed by atoms with van der Waals surface area (Å²) >= 11 is 0.744. The normalized spacial score (nSPS) is 11.6. The number of nitrogens with two attached hydrogens (primary N) is 1. The maximum Gasteiger partial charge on any atom is 0.453 e.